The Hall–Kier alpha value is -2.74. The topological polar surface area (TPSA) is 61.3 Å². The summed E-state index contributed by atoms with van der Waals surface area (Å²) in [5.41, 5.74) is 2.14. The maximum Gasteiger partial charge on any atom is 0.224 e. The first-order chi connectivity index (χ1) is 19.6. The SMILES string of the molecule is C.CC(C)=O.[C-]#[N+]CC1(c2ccc(Cl)cc2)CCC(=O)CC1.[C-]#[N+]CC1(c2ccc(Cl)cc2)CCC2(CC1)OCCO2. The summed E-state index contributed by atoms with van der Waals surface area (Å²) < 4.78 is 11.6. The van der Waals surface area contributed by atoms with E-state index in [1.54, 1.807) is 0 Å². The van der Waals surface area contributed by atoms with Crippen LogP contribution in [-0.4, -0.2) is 43.7 Å². The summed E-state index contributed by atoms with van der Waals surface area (Å²) in [6.45, 7) is 19.8. The highest BCUT2D eigenvalue weighted by molar-refractivity contribution is 6.30. The lowest BCUT2D eigenvalue weighted by atomic mass is 9.68. The van der Waals surface area contributed by atoms with Crippen LogP contribution in [0.15, 0.2) is 48.5 Å². The molecule has 6 nitrogen and oxygen atoms in total. The minimum atomic E-state index is -0.377. The lowest BCUT2D eigenvalue weighted by Crippen LogP contribution is -2.43. The number of ketones is 2. The van der Waals surface area contributed by atoms with Crippen molar-refractivity contribution < 1.29 is 19.1 Å². The molecule has 2 saturated carbocycles. The van der Waals surface area contributed by atoms with Crippen LogP contribution in [0, 0.1) is 13.1 Å². The van der Waals surface area contributed by atoms with Crippen LogP contribution >= 0.6 is 23.2 Å². The lowest BCUT2D eigenvalue weighted by Gasteiger charge is -2.41. The molecule has 226 valence electrons. The molecule has 0 aromatic heterocycles. The van der Waals surface area contributed by atoms with Gasteiger partial charge in [0.15, 0.2) is 5.79 Å². The molecule has 0 atom stereocenters. The molecule has 2 aliphatic carbocycles. The number of halogens is 2. The van der Waals surface area contributed by atoms with Gasteiger partial charge in [0.05, 0.1) is 24.0 Å². The Bertz CT molecular complexity index is 1230. The zero-order valence-corrected chi connectivity index (χ0v) is 25.4. The minimum absolute atomic E-state index is 0. The maximum atomic E-state index is 11.3. The summed E-state index contributed by atoms with van der Waals surface area (Å²) in [7, 11) is 0. The van der Waals surface area contributed by atoms with E-state index in [-0.39, 0.29) is 29.8 Å². The van der Waals surface area contributed by atoms with E-state index >= 15 is 0 Å². The summed E-state index contributed by atoms with van der Waals surface area (Å²) in [6, 6.07) is 15.6. The molecule has 1 aliphatic heterocycles. The molecule has 42 heavy (non-hydrogen) atoms. The monoisotopic (exact) mass is 612 g/mol. The van der Waals surface area contributed by atoms with Crippen molar-refractivity contribution in [1.82, 2.24) is 0 Å². The standard InChI is InChI=1S/C16H18ClNO2.C14H14ClNO.C3H6O.CH4/c1-18-12-15(13-2-4-14(17)5-3-13)6-8-16(9-7-15)19-10-11-20-16;1-16-10-14(8-6-13(17)7-9-14)11-2-4-12(15)5-3-11;1-3(2)4;/h2-5H,6-12H2;2-5H,6-10H2;1-2H3;1H4. The van der Waals surface area contributed by atoms with Gasteiger partial charge < -0.3 is 24.0 Å². The zero-order valence-electron chi connectivity index (χ0n) is 23.9. The Morgan fingerprint density at radius 3 is 1.45 bits per heavy atom. The summed E-state index contributed by atoms with van der Waals surface area (Å²) >= 11 is 11.9. The highest BCUT2D eigenvalue weighted by Gasteiger charge is 2.48. The van der Waals surface area contributed by atoms with E-state index < -0.39 is 0 Å². The van der Waals surface area contributed by atoms with Gasteiger partial charge in [-0.25, -0.2) is 13.1 Å². The number of ether oxygens (including phenoxy) is 2. The molecule has 0 radical (unpaired) electrons. The van der Waals surface area contributed by atoms with Crippen molar-refractivity contribution in [2.75, 3.05) is 26.3 Å². The Morgan fingerprint density at radius 2 is 1.10 bits per heavy atom. The first kappa shape index (κ1) is 35.5. The Kier molecular flexibility index (Phi) is 13.7. The second kappa shape index (κ2) is 16.2. The molecule has 8 heteroatoms. The molecule has 0 amide bonds. The van der Waals surface area contributed by atoms with Crippen molar-refractivity contribution in [3.8, 4) is 0 Å². The van der Waals surface area contributed by atoms with Crippen LogP contribution in [0.5, 0.6) is 0 Å². The van der Waals surface area contributed by atoms with E-state index in [9.17, 15) is 9.59 Å². The van der Waals surface area contributed by atoms with Crippen LogP contribution in [-0.2, 0) is 29.9 Å². The quantitative estimate of drug-likeness (QED) is 0.324. The summed E-state index contributed by atoms with van der Waals surface area (Å²) in [6.07, 6.45) is 6.35. The highest BCUT2D eigenvalue weighted by Crippen LogP contribution is 2.47. The molecule has 1 heterocycles. The summed E-state index contributed by atoms with van der Waals surface area (Å²) in [5.74, 6) is 0.109. The first-order valence-electron chi connectivity index (χ1n) is 14.0. The van der Waals surface area contributed by atoms with Crippen LogP contribution in [0.25, 0.3) is 9.69 Å². The van der Waals surface area contributed by atoms with Crippen molar-refractivity contribution in [2.24, 2.45) is 0 Å². The van der Waals surface area contributed by atoms with Crippen molar-refractivity contribution in [2.45, 2.75) is 89.3 Å². The van der Waals surface area contributed by atoms with Gasteiger partial charge in [0, 0.05) is 35.7 Å². The average molecular weight is 614 g/mol. The van der Waals surface area contributed by atoms with E-state index in [2.05, 4.69) is 21.8 Å². The molecule has 0 bridgehead atoms. The highest BCUT2D eigenvalue weighted by atomic mass is 35.5. The number of hydrogen-bond acceptors (Lipinski definition) is 4. The van der Waals surface area contributed by atoms with Gasteiger partial charge in [-0.1, -0.05) is 54.9 Å². The van der Waals surface area contributed by atoms with E-state index in [0.29, 0.717) is 50.0 Å². The van der Waals surface area contributed by atoms with Crippen LogP contribution in [0.3, 0.4) is 0 Å². The van der Waals surface area contributed by atoms with Crippen molar-refractivity contribution in [1.29, 1.82) is 0 Å². The van der Waals surface area contributed by atoms with Crippen molar-refractivity contribution in [3.05, 3.63) is 92.5 Å². The molecular weight excluding hydrogens is 571 g/mol. The van der Waals surface area contributed by atoms with Gasteiger partial charge in [0.1, 0.15) is 11.6 Å². The van der Waals surface area contributed by atoms with Gasteiger partial charge in [0.2, 0.25) is 13.1 Å². The van der Waals surface area contributed by atoms with Crippen LogP contribution in [0.4, 0.5) is 0 Å². The predicted molar refractivity (Wildman–Crippen MR) is 169 cm³/mol. The molecule has 2 aromatic carbocycles. The molecule has 0 unspecified atom stereocenters. The smallest absolute Gasteiger partial charge is 0.224 e. The summed E-state index contributed by atoms with van der Waals surface area (Å²) in [5, 5.41) is 1.44. The van der Waals surface area contributed by atoms with Gasteiger partial charge in [0.25, 0.3) is 0 Å². The first-order valence-corrected chi connectivity index (χ1v) is 14.8. The number of nitrogens with zero attached hydrogens (tertiary/aromatic N) is 2. The van der Waals surface area contributed by atoms with Gasteiger partial charge in [-0.2, -0.15) is 0 Å². The van der Waals surface area contributed by atoms with E-state index in [1.807, 2.05) is 36.4 Å². The Balaban J connectivity index is 0.000000258. The molecule has 1 saturated heterocycles. The number of carbonyl (C=O) groups excluding carboxylic acids is 2. The van der Waals surface area contributed by atoms with Gasteiger partial charge in [-0.05, 0) is 74.9 Å². The fourth-order valence-corrected chi connectivity index (χ4v) is 6.14. The summed E-state index contributed by atoms with van der Waals surface area (Å²) in [4.78, 5) is 28.0. The number of hydrogen-bond donors (Lipinski definition) is 0. The van der Waals surface area contributed by atoms with E-state index in [1.165, 1.54) is 19.4 Å². The molecule has 3 fully saturated rings. The molecule has 0 N–H and O–H groups in total. The van der Waals surface area contributed by atoms with Crippen LogP contribution < -0.4 is 0 Å². The largest absolute Gasteiger partial charge is 0.348 e. The number of benzene rings is 2. The lowest BCUT2D eigenvalue weighted by molar-refractivity contribution is -0.184. The fraction of sp³-hybridized carbons (Fsp3) is 0.529. The Labute approximate surface area is 261 Å². The van der Waals surface area contributed by atoms with Gasteiger partial charge >= 0.3 is 0 Å². The average Bonchev–Trinajstić information content (AvgIpc) is 3.41. The van der Waals surface area contributed by atoms with Crippen LogP contribution in [0.2, 0.25) is 10.0 Å². The predicted octanol–water partition coefficient (Wildman–Crippen LogP) is 8.69. The molecular formula is C34H42Cl2N2O4. The van der Waals surface area contributed by atoms with Crippen molar-refractivity contribution in [3.63, 3.8) is 0 Å². The second-order valence-electron chi connectivity index (χ2n) is 11.3. The third kappa shape index (κ3) is 9.38. The van der Waals surface area contributed by atoms with Crippen LogP contribution in [0.1, 0.15) is 83.8 Å². The zero-order chi connectivity index (χ0) is 29.9. The third-order valence-corrected chi connectivity index (χ3v) is 8.73. The third-order valence-electron chi connectivity index (χ3n) is 8.22. The molecule has 5 rings (SSSR count). The van der Waals surface area contributed by atoms with E-state index in [4.69, 9.17) is 45.8 Å². The number of Topliss-reactive ketones (excluding diaryl/α,β-unsaturated/α-hetero) is 2. The normalized spacial score (nSPS) is 19.4. The Morgan fingerprint density at radius 1 is 0.738 bits per heavy atom. The molecule has 3 aliphatic rings. The fourth-order valence-electron chi connectivity index (χ4n) is 5.89. The molecule has 1 spiro atoms. The van der Waals surface area contributed by atoms with E-state index in [0.717, 1.165) is 49.1 Å². The second-order valence-corrected chi connectivity index (χ2v) is 12.1. The van der Waals surface area contributed by atoms with Gasteiger partial charge in [-0.3, -0.25) is 4.79 Å². The van der Waals surface area contributed by atoms with Gasteiger partial charge in [-0.15, -0.1) is 0 Å². The van der Waals surface area contributed by atoms with Crippen molar-refractivity contribution >= 4 is 34.8 Å². The number of rotatable bonds is 4. The minimum Gasteiger partial charge on any atom is -0.348 e. The molecule has 2 aromatic rings. The maximum absolute atomic E-state index is 11.3. The number of carbonyl (C=O) groups is 2.